The number of fused-ring (bicyclic) bond motifs is 1. The van der Waals surface area contributed by atoms with Gasteiger partial charge in [-0.2, -0.15) is 0 Å². The van der Waals surface area contributed by atoms with E-state index in [0.29, 0.717) is 18.5 Å². The maximum atomic E-state index is 12.3. The van der Waals surface area contributed by atoms with Crippen molar-refractivity contribution in [3.63, 3.8) is 0 Å². The summed E-state index contributed by atoms with van der Waals surface area (Å²) in [6.07, 6.45) is 0. The number of rotatable bonds is 5. The smallest absolute Gasteiger partial charge is 0.256 e. The van der Waals surface area contributed by atoms with Gasteiger partial charge in [0.05, 0.1) is 6.61 Å². The van der Waals surface area contributed by atoms with Gasteiger partial charge in [-0.15, -0.1) is 0 Å². The summed E-state index contributed by atoms with van der Waals surface area (Å²) < 4.78 is 5.01. The number of H-pyrrole nitrogens is 1. The zero-order valence-corrected chi connectivity index (χ0v) is 12.4. The summed E-state index contributed by atoms with van der Waals surface area (Å²) in [6.45, 7) is 1.34. The van der Waals surface area contributed by atoms with Crippen molar-refractivity contribution < 1.29 is 4.74 Å². The van der Waals surface area contributed by atoms with Crippen molar-refractivity contribution in [3.05, 3.63) is 65.0 Å². The first kappa shape index (κ1) is 14.4. The van der Waals surface area contributed by atoms with Gasteiger partial charge in [0.2, 0.25) is 0 Å². The molecule has 2 N–H and O–H groups in total. The van der Waals surface area contributed by atoms with Crippen molar-refractivity contribution in [1.29, 1.82) is 0 Å². The first-order valence-corrected chi connectivity index (χ1v) is 7.23. The Morgan fingerprint density at radius 3 is 2.68 bits per heavy atom. The summed E-state index contributed by atoms with van der Waals surface area (Å²) >= 11 is 0. The fourth-order valence-corrected chi connectivity index (χ4v) is 2.44. The van der Waals surface area contributed by atoms with Gasteiger partial charge in [-0.05, 0) is 29.1 Å². The first-order chi connectivity index (χ1) is 10.8. The van der Waals surface area contributed by atoms with Crippen LogP contribution in [0.2, 0.25) is 0 Å². The van der Waals surface area contributed by atoms with Crippen LogP contribution in [0.5, 0.6) is 0 Å². The van der Waals surface area contributed by atoms with Crippen LogP contribution in [0.25, 0.3) is 22.0 Å². The lowest BCUT2D eigenvalue weighted by Gasteiger charge is -2.08. The molecule has 0 aliphatic carbocycles. The number of benzene rings is 2. The molecule has 0 atom stereocenters. The van der Waals surface area contributed by atoms with Crippen molar-refractivity contribution in [1.82, 2.24) is 4.98 Å². The Labute approximate surface area is 128 Å². The summed E-state index contributed by atoms with van der Waals surface area (Å²) in [6, 6.07) is 17.7. The topological polar surface area (TPSA) is 54.1 Å². The molecule has 4 heteroatoms. The second-order valence-electron chi connectivity index (χ2n) is 5.10. The quantitative estimate of drug-likeness (QED) is 0.710. The van der Waals surface area contributed by atoms with Crippen LogP contribution in [0.3, 0.4) is 0 Å². The molecule has 0 fully saturated rings. The second-order valence-corrected chi connectivity index (χ2v) is 5.10. The van der Waals surface area contributed by atoms with Crippen LogP contribution in [0.15, 0.2) is 59.4 Å². The third-order valence-corrected chi connectivity index (χ3v) is 3.57. The standard InChI is InChI=1S/C18H18N2O2/c1-22-10-9-19-15-8-7-14-11-17(13-5-3-2-4-6-13)20-18(21)16(14)12-15/h2-8,11-12,19H,9-10H2,1H3,(H,20,21). The Bertz CT molecular complexity index is 825. The molecule has 0 spiro atoms. The maximum Gasteiger partial charge on any atom is 0.256 e. The molecule has 0 unspecified atom stereocenters. The van der Waals surface area contributed by atoms with E-state index >= 15 is 0 Å². The number of aromatic amines is 1. The minimum Gasteiger partial charge on any atom is -0.383 e. The van der Waals surface area contributed by atoms with Gasteiger partial charge in [-0.25, -0.2) is 0 Å². The van der Waals surface area contributed by atoms with E-state index in [2.05, 4.69) is 10.3 Å². The Morgan fingerprint density at radius 1 is 1.09 bits per heavy atom. The van der Waals surface area contributed by atoms with Crippen molar-refractivity contribution in [2.45, 2.75) is 0 Å². The normalized spacial score (nSPS) is 10.8. The predicted octanol–water partition coefficient (Wildman–Crippen LogP) is 3.25. The van der Waals surface area contributed by atoms with Crippen LogP contribution in [0.1, 0.15) is 0 Å². The molecule has 112 valence electrons. The molecule has 0 saturated carbocycles. The Morgan fingerprint density at radius 2 is 1.91 bits per heavy atom. The average molecular weight is 294 g/mol. The van der Waals surface area contributed by atoms with Gasteiger partial charge in [0.1, 0.15) is 0 Å². The average Bonchev–Trinajstić information content (AvgIpc) is 2.56. The van der Waals surface area contributed by atoms with Crippen molar-refractivity contribution in [3.8, 4) is 11.3 Å². The lowest BCUT2D eigenvalue weighted by atomic mass is 10.1. The van der Waals surface area contributed by atoms with Gasteiger partial charge < -0.3 is 15.0 Å². The number of aromatic nitrogens is 1. The lowest BCUT2D eigenvalue weighted by molar-refractivity contribution is 0.211. The van der Waals surface area contributed by atoms with Crippen LogP contribution in [-0.4, -0.2) is 25.2 Å². The van der Waals surface area contributed by atoms with Crippen LogP contribution >= 0.6 is 0 Å². The summed E-state index contributed by atoms with van der Waals surface area (Å²) in [5, 5.41) is 4.85. The number of nitrogens with one attached hydrogen (secondary N) is 2. The highest BCUT2D eigenvalue weighted by molar-refractivity contribution is 5.87. The molecule has 0 saturated heterocycles. The van der Waals surface area contributed by atoms with Crippen LogP contribution in [0, 0.1) is 0 Å². The first-order valence-electron chi connectivity index (χ1n) is 7.23. The van der Waals surface area contributed by atoms with E-state index in [4.69, 9.17) is 4.74 Å². The van der Waals surface area contributed by atoms with Gasteiger partial charge in [-0.3, -0.25) is 4.79 Å². The molecule has 4 nitrogen and oxygen atoms in total. The van der Waals surface area contributed by atoms with Gasteiger partial charge in [0, 0.05) is 30.4 Å². The third kappa shape index (κ3) is 3.02. The summed E-state index contributed by atoms with van der Waals surface area (Å²) in [7, 11) is 1.66. The van der Waals surface area contributed by atoms with E-state index in [1.165, 1.54) is 0 Å². The van der Waals surface area contributed by atoms with E-state index in [9.17, 15) is 4.79 Å². The molecule has 1 aromatic heterocycles. The van der Waals surface area contributed by atoms with Gasteiger partial charge >= 0.3 is 0 Å². The number of methoxy groups -OCH3 is 1. The number of pyridine rings is 1. The molecular weight excluding hydrogens is 276 g/mol. The highest BCUT2D eigenvalue weighted by Gasteiger charge is 2.05. The van der Waals surface area contributed by atoms with Crippen molar-refractivity contribution >= 4 is 16.5 Å². The molecular formula is C18H18N2O2. The van der Waals surface area contributed by atoms with Crippen molar-refractivity contribution in [2.75, 3.05) is 25.6 Å². The SMILES string of the molecule is COCCNc1ccc2cc(-c3ccccc3)[nH]c(=O)c2c1. The monoisotopic (exact) mass is 294 g/mol. The van der Waals surface area contributed by atoms with Gasteiger partial charge in [-0.1, -0.05) is 36.4 Å². The molecule has 0 radical (unpaired) electrons. The van der Waals surface area contributed by atoms with Gasteiger partial charge in [0.15, 0.2) is 0 Å². The zero-order chi connectivity index (χ0) is 15.4. The Hall–Kier alpha value is -2.59. The number of ether oxygens (including phenoxy) is 1. The zero-order valence-electron chi connectivity index (χ0n) is 12.4. The van der Waals surface area contributed by atoms with E-state index < -0.39 is 0 Å². The summed E-state index contributed by atoms with van der Waals surface area (Å²) in [5.74, 6) is 0. The number of hydrogen-bond donors (Lipinski definition) is 2. The highest BCUT2D eigenvalue weighted by Crippen LogP contribution is 2.21. The van der Waals surface area contributed by atoms with Crippen molar-refractivity contribution in [2.24, 2.45) is 0 Å². The minimum absolute atomic E-state index is 0.0771. The predicted molar refractivity (Wildman–Crippen MR) is 90.4 cm³/mol. The molecule has 0 aliphatic rings. The second kappa shape index (κ2) is 6.45. The maximum absolute atomic E-state index is 12.3. The van der Waals surface area contributed by atoms with E-state index in [1.54, 1.807) is 7.11 Å². The van der Waals surface area contributed by atoms with Gasteiger partial charge in [0.25, 0.3) is 5.56 Å². The molecule has 0 aliphatic heterocycles. The largest absolute Gasteiger partial charge is 0.383 e. The molecule has 3 rings (SSSR count). The third-order valence-electron chi connectivity index (χ3n) is 3.57. The molecule has 0 amide bonds. The molecule has 2 aromatic carbocycles. The molecule has 1 heterocycles. The summed E-state index contributed by atoms with van der Waals surface area (Å²) in [5.41, 5.74) is 2.68. The fourth-order valence-electron chi connectivity index (χ4n) is 2.44. The molecule has 22 heavy (non-hydrogen) atoms. The Balaban J connectivity index is 1.98. The summed E-state index contributed by atoms with van der Waals surface area (Å²) in [4.78, 5) is 15.3. The number of hydrogen-bond acceptors (Lipinski definition) is 3. The fraction of sp³-hybridized carbons (Fsp3) is 0.167. The molecule has 3 aromatic rings. The minimum atomic E-state index is -0.0771. The van der Waals surface area contributed by atoms with E-state index in [-0.39, 0.29) is 5.56 Å². The van der Waals surface area contributed by atoms with E-state index in [0.717, 1.165) is 22.3 Å². The van der Waals surface area contributed by atoms with Crippen LogP contribution < -0.4 is 10.9 Å². The van der Waals surface area contributed by atoms with Crippen LogP contribution in [-0.2, 0) is 4.74 Å². The lowest BCUT2D eigenvalue weighted by Crippen LogP contribution is -2.10. The Kier molecular flexibility index (Phi) is 4.21. The van der Waals surface area contributed by atoms with E-state index in [1.807, 2.05) is 54.6 Å². The molecule has 0 bridgehead atoms. The van der Waals surface area contributed by atoms with Crippen LogP contribution in [0.4, 0.5) is 5.69 Å². The highest BCUT2D eigenvalue weighted by atomic mass is 16.5. The number of anilines is 1.